The molecule has 2 aromatic rings. The van der Waals surface area contributed by atoms with Crippen molar-refractivity contribution in [3.8, 4) is 0 Å². The fourth-order valence-corrected chi connectivity index (χ4v) is 3.52. The first-order valence-electron chi connectivity index (χ1n) is 9.28. The van der Waals surface area contributed by atoms with Gasteiger partial charge in [0.15, 0.2) is 0 Å². The van der Waals surface area contributed by atoms with Gasteiger partial charge in [0.2, 0.25) is 0 Å². The number of hydrogen-bond donors (Lipinski definition) is 1. The van der Waals surface area contributed by atoms with Gasteiger partial charge in [0.1, 0.15) is 0 Å². The molecule has 25 heavy (non-hydrogen) atoms. The number of carbonyl (C=O) groups is 1. The van der Waals surface area contributed by atoms with E-state index in [1.165, 1.54) is 0 Å². The van der Waals surface area contributed by atoms with Gasteiger partial charge in [-0.2, -0.15) is 0 Å². The molecule has 1 aliphatic heterocycles. The van der Waals surface area contributed by atoms with E-state index in [-0.39, 0.29) is 11.8 Å². The van der Waals surface area contributed by atoms with E-state index in [4.69, 9.17) is 4.52 Å². The number of carbonyl (C=O) groups excluding carboxylic acids is 1. The molecule has 0 aromatic carbocycles. The molecule has 0 radical (unpaired) electrons. The van der Waals surface area contributed by atoms with Crippen LogP contribution in [-0.4, -0.2) is 47.1 Å². The fourth-order valence-electron chi connectivity index (χ4n) is 3.52. The van der Waals surface area contributed by atoms with Gasteiger partial charge in [-0.05, 0) is 50.8 Å². The van der Waals surface area contributed by atoms with E-state index >= 15 is 0 Å². The summed E-state index contributed by atoms with van der Waals surface area (Å²) in [5, 5.41) is 8.34. The Balaban J connectivity index is 1.84. The summed E-state index contributed by atoms with van der Waals surface area (Å²) >= 11 is 0. The van der Waals surface area contributed by atoms with Crippen molar-refractivity contribution in [3.63, 3.8) is 0 Å². The maximum absolute atomic E-state index is 13.2. The molecule has 3 heterocycles. The highest BCUT2D eigenvalue weighted by Gasteiger charge is 2.27. The minimum absolute atomic E-state index is 0.0718. The van der Waals surface area contributed by atoms with Gasteiger partial charge in [0, 0.05) is 18.8 Å². The van der Waals surface area contributed by atoms with Gasteiger partial charge in [-0.15, -0.1) is 0 Å². The van der Waals surface area contributed by atoms with Crippen molar-refractivity contribution in [1.82, 2.24) is 20.4 Å². The molecule has 0 unspecified atom stereocenters. The fraction of sp³-hybridized carbons (Fsp3) is 0.632. The highest BCUT2D eigenvalue weighted by molar-refractivity contribution is 6.06. The summed E-state index contributed by atoms with van der Waals surface area (Å²) in [6.07, 6.45) is 2.10. The predicted molar refractivity (Wildman–Crippen MR) is 97.8 cm³/mol. The highest BCUT2D eigenvalue weighted by atomic mass is 16.5. The van der Waals surface area contributed by atoms with E-state index in [9.17, 15) is 4.79 Å². The van der Waals surface area contributed by atoms with Crippen molar-refractivity contribution in [2.45, 2.75) is 46.5 Å². The number of aryl methyl sites for hydroxylation is 1. The van der Waals surface area contributed by atoms with Crippen LogP contribution in [0.5, 0.6) is 0 Å². The van der Waals surface area contributed by atoms with Gasteiger partial charge in [-0.3, -0.25) is 4.79 Å². The Morgan fingerprint density at radius 1 is 1.40 bits per heavy atom. The second-order valence-corrected chi connectivity index (χ2v) is 7.26. The van der Waals surface area contributed by atoms with Gasteiger partial charge in [0.05, 0.1) is 16.6 Å². The van der Waals surface area contributed by atoms with Crippen molar-refractivity contribution < 1.29 is 9.32 Å². The van der Waals surface area contributed by atoms with Gasteiger partial charge in [0.25, 0.3) is 11.6 Å². The SMILES string of the molecule is CCNCC1CCN(C(=O)c2cc(C)nc3onc(C(C)C)c23)CC1. The minimum atomic E-state index is 0.0718. The Morgan fingerprint density at radius 2 is 2.12 bits per heavy atom. The van der Waals surface area contributed by atoms with Crippen LogP contribution in [0.1, 0.15) is 61.3 Å². The number of piperidine rings is 1. The van der Waals surface area contributed by atoms with Gasteiger partial charge in [-0.1, -0.05) is 25.9 Å². The van der Waals surface area contributed by atoms with E-state index in [2.05, 4.69) is 36.2 Å². The lowest BCUT2D eigenvalue weighted by atomic mass is 9.95. The average molecular weight is 344 g/mol. The van der Waals surface area contributed by atoms with Crippen LogP contribution >= 0.6 is 0 Å². The summed E-state index contributed by atoms with van der Waals surface area (Å²) in [5.41, 5.74) is 2.74. The van der Waals surface area contributed by atoms with Crippen molar-refractivity contribution in [3.05, 3.63) is 23.0 Å². The van der Waals surface area contributed by atoms with Crippen molar-refractivity contribution in [2.75, 3.05) is 26.2 Å². The Hall–Kier alpha value is -1.95. The van der Waals surface area contributed by atoms with E-state index in [1.54, 1.807) is 0 Å². The normalized spacial score (nSPS) is 16.1. The van der Waals surface area contributed by atoms with Crippen molar-refractivity contribution in [1.29, 1.82) is 0 Å². The van der Waals surface area contributed by atoms with Crippen LogP contribution in [0.4, 0.5) is 0 Å². The number of likely N-dealkylation sites (tertiary alicyclic amines) is 1. The third kappa shape index (κ3) is 3.68. The molecule has 0 aliphatic carbocycles. The first kappa shape index (κ1) is 17.9. The number of amides is 1. The van der Waals surface area contributed by atoms with Crippen LogP contribution in [0.15, 0.2) is 10.6 Å². The predicted octanol–water partition coefficient (Wildman–Crippen LogP) is 3.12. The zero-order valence-electron chi connectivity index (χ0n) is 15.6. The van der Waals surface area contributed by atoms with Crippen LogP contribution in [0, 0.1) is 12.8 Å². The summed E-state index contributed by atoms with van der Waals surface area (Å²) < 4.78 is 5.39. The molecule has 2 aromatic heterocycles. The Morgan fingerprint density at radius 3 is 2.76 bits per heavy atom. The summed E-state index contributed by atoms with van der Waals surface area (Å²) in [4.78, 5) is 19.5. The molecule has 136 valence electrons. The maximum atomic E-state index is 13.2. The number of nitrogens with one attached hydrogen (secondary N) is 1. The lowest BCUT2D eigenvalue weighted by Gasteiger charge is -2.32. The monoisotopic (exact) mass is 344 g/mol. The number of fused-ring (bicyclic) bond motifs is 1. The number of pyridine rings is 1. The molecule has 1 aliphatic rings. The molecule has 1 amide bonds. The number of rotatable bonds is 5. The first-order chi connectivity index (χ1) is 12.0. The smallest absolute Gasteiger partial charge is 0.259 e. The Labute approximate surface area is 149 Å². The molecule has 0 atom stereocenters. The molecule has 1 saturated heterocycles. The number of nitrogens with zero attached hydrogens (tertiary/aromatic N) is 3. The van der Waals surface area contributed by atoms with Gasteiger partial charge < -0.3 is 14.7 Å². The van der Waals surface area contributed by atoms with Gasteiger partial charge >= 0.3 is 0 Å². The second kappa shape index (κ2) is 7.52. The molecule has 1 fully saturated rings. The lowest BCUT2D eigenvalue weighted by Crippen LogP contribution is -2.40. The van der Waals surface area contributed by atoms with E-state index in [0.717, 1.165) is 55.8 Å². The minimum Gasteiger partial charge on any atom is -0.339 e. The molecular weight excluding hydrogens is 316 g/mol. The maximum Gasteiger partial charge on any atom is 0.259 e. The Bertz CT molecular complexity index is 745. The van der Waals surface area contributed by atoms with Gasteiger partial charge in [-0.25, -0.2) is 4.98 Å². The molecule has 6 heteroatoms. The molecular formula is C19H28N4O2. The standard InChI is InChI=1S/C19H28N4O2/c1-5-20-11-14-6-8-23(9-7-14)19(24)15-10-13(4)21-18-16(15)17(12(2)3)22-25-18/h10,12,14,20H,5-9,11H2,1-4H3. The van der Waals surface area contributed by atoms with Crippen LogP contribution in [0.3, 0.4) is 0 Å². The second-order valence-electron chi connectivity index (χ2n) is 7.26. The van der Waals surface area contributed by atoms with Crippen LogP contribution in [-0.2, 0) is 0 Å². The molecule has 0 bridgehead atoms. The zero-order valence-corrected chi connectivity index (χ0v) is 15.6. The molecule has 1 N–H and O–H groups in total. The summed E-state index contributed by atoms with van der Waals surface area (Å²) in [6.45, 7) is 11.8. The van der Waals surface area contributed by atoms with Crippen LogP contribution < -0.4 is 5.32 Å². The summed E-state index contributed by atoms with van der Waals surface area (Å²) in [7, 11) is 0. The molecule has 0 spiro atoms. The van der Waals surface area contributed by atoms with Crippen molar-refractivity contribution >= 4 is 17.0 Å². The van der Waals surface area contributed by atoms with E-state index < -0.39 is 0 Å². The quantitative estimate of drug-likeness (QED) is 0.902. The van der Waals surface area contributed by atoms with E-state index in [1.807, 2.05) is 17.9 Å². The molecule has 3 rings (SSSR count). The number of aromatic nitrogens is 2. The van der Waals surface area contributed by atoms with Crippen LogP contribution in [0.25, 0.3) is 11.1 Å². The average Bonchev–Trinajstić information content (AvgIpc) is 3.03. The summed E-state index contributed by atoms with van der Waals surface area (Å²) in [5.74, 6) is 0.913. The van der Waals surface area contributed by atoms with Crippen molar-refractivity contribution in [2.24, 2.45) is 5.92 Å². The summed E-state index contributed by atoms with van der Waals surface area (Å²) in [6, 6.07) is 1.87. The Kier molecular flexibility index (Phi) is 5.37. The molecule has 0 saturated carbocycles. The first-order valence-corrected chi connectivity index (χ1v) is 9.28. The largest absolute Gasteiger partial charge is 0.339 e. The zero-order chi connectivity index (χ0) is 18.0. The molecule has 6 nitrogen and oxygen atoms in total. The third-order valence-corrected chi connectivity index (χ3v) is 4.96. The third-order valence-electron chi connectivity index (χ3n) is 4.96. The van der Waals surface area contributed by atoms with Crippen LogP contribution in [0.2, 0.25) is 0 Å². The van der Waals surface area contributed by atoms with E-state index in [0.29, 0.717) is 17.2 Å². The lowest BCUT2D eigenvalue weighted by molar-refractivity contribution is 0.0692. The highest BCUT2D eigenvalue weighted by Crippen LogP contribution is 2.29. The topological polar surface area (TPSA) is 71.3 Å². The number of hydrogen-bond acceptors (Lipinski definition) is 5.